The van der Waals surface area contributed by atoms with Gasteiger partial charge in [-0.15, -0.1) is 0 Å². The lowest BCUT2D eigenvalue weighted by Crippen LogP contribution is -2.22. The van der Waals surface area contributed by atoms with Crippen molar-refractivity contribution in [2.75, 3.05) is 31.7 Å². The van der Waals surface area contributed by atoms with Gasteiger partial charge in [-0.2, -0.15) is 0 Å². The molecule has 0 saturated heterocycles. The van der Waals surface area contributed by atoms with Gasteiger partial charge in [0.05, 0.1) is 25.4 Å². The van der Waals surface area contributed by atoms with Gasteiger partial charge in [-0.25, -0.2) is 0 Å². The van der Waals surface area contributed by atoms with Crippen molar-refractivity contribution < 1.29 is 9.47 Å². The van der Waals surface area contributed by atoms with Crippen LogP contribution in [0.5, 0.6) is 0 Å². The van der Waals surface area contributed by atoms with E-state index >= 15 is 0 Å². The van der Waals surface area contributed by atoms with E-state index in [-0.39, 0.29) is 5.60 Å². The Morgan fingerprint density at radius 2 is 1.72 bits per heavy atom. The van der Waals surface area contributed by atoms with E-state index in [0.717, 1.165) is 16.7 Å². The number of benzene rings is 1. The molecule has 0 spiro atoms. The van der Waals surface area contributed by atoms with Crippen molar-refractivity contribution in [2.24, 2.45) is 0 Å². The predicted octanol–water partition coefficient (Wildman–Crippen LogP) is 3.69. The second-order valence-corrected chi connectivity index (χ2v) is 5.92. The monoisotopic (exact) mass is 315 g/mol. The molecule has 0 unspecified atom stereocenters. The highest BCUT2D eigenvalue weighted by Gasteiger charge is 2.08. The molecule has 3 nitrogen and oxygen atoms in total. The molecule has 0 aliphatic carbocycles. The molecule has 0 aliphatic rings. The van der Waals surface area contributed by atoms with Gasteiger partial charge in [-0.1, -0.05) is 15.9 Å². The Morgan fingerprint density at radius 1 is 1.06 bits per heavy atom. The largest absolute Gasteiger partial charge is 0.383 e. The Bertz CT molecular complexity index is 333. The fraction of sp³-hybridized carbons (Fsp3) is 0.571. The highest BCUT2D eigenvalue weighted by atomic mass is 79.9. The summed E-state index contributed by atoms with van der Waals surface area (Å²) in [6, 6.07) is 8.10. The number of ether oxygens (including phenoxy) is 2. The molecule has 0 saturated carbocycles. The lowest BCUT2D eigenvalue weighted by atomic mass is 10.2. The zero-order valence-corrected chi connectivity index (χ0v) is 12.9. The van der Waals surface area contributed by atoms with Gasteiger partial charge in [0.2, 0.25) is 0 Å². The van der Waals surface area contributed by atoms with Crippen LogP contribution in [0.15, 0.2) is 28.7 Å². The van der Waals surface area contributed by atoms with E-state index in [9.17, 15) is 0 Å². The van der Waals surface area contributed by atoms with Gasteiger partial charge in [-0.05, 0) is 45.0 Å². The average Bonchev–Trinajstić information content (AvgIpc) is 2.29. The molecule has 1 aromatic carbocycles. The molecule has 0 aromatic heterocycles. The molecular formula is C14H22BrNO2. The first-order valence-electron chi connectivity index (χ1n) is 6.18. The molecule has 0 atom stereocenters. The number of anilines is 1. The van der Waals surface area contributed by atoms with Crippen molar-refractivity contribution in [3.8, 4) is 0 Å². The molecular weight excluding hydrogens is 294 g/mol. The molecule has 102 valence electrons. The normalized spacial score (nSPS) is 11.6. The predicted molar refractivity (Wildman–Crippen MR) is 79.2 cm³/mol. The maximum Gasteiger partial charge on any atom is 0.0707 e. The maximum atomic E-state index is 5.56. The third-order valence-electron chi connectivity index (χ3n) is 2.18. The van der Waals surface area contributed by atoms with Gasteiger partial charge in [0.25, 0.3) is 0 Å². The second kappa shape index (κ2) is 7.77. The van der Waals surface area contributed by atoms with Crippen LogP contribution in [-0.2, 0) is 9.47 Å². The van der Waals surface area contributed by atoms with Gasteiger partial charge in [-0.3, -0.25) is 0 Å². The lowest BCUT2D eigenvalue weighted by molar-refractivity contribution is -0.0335. The average molecular weight is 316 g/mol. The summed E-state index contributed by atoms with van der Waals surface area (Å²) in [5, 5.41) is 3.29. The zero-order valence-electron chi connectivity index (χ0n) is 11.3. The van der Waals surface area contributed by atoms with Gasteiger partial charge in [0.15, 0.2) is 0 Å². The number of halogens is 1. The Morgan fingerprint density at radius 3 is 2.33 bits per heavy atom. The molecule has 1 aromatic rings. The van der Waals surface area contributed by atoms with E-state index in [2.05, 4.69) is 21.2 Å². The van der Waals surface area contributed by atoms with E-state index in [0.29, 0.717) is 19.8 Å². The number of hydrogen-bond donors (Lipinski definition) is 1. The molecule has 1 rings (SSSR count). The van der Waals surface area contributed by atoms with E-state index in [1.54, 1.807) is 0 Å². The van der Waals surface area contributed by atoms with Crippen molar-refractivity contribution in [2.45, 2.75) is 26.4 Å². The minimum atomic E-state index is -0.0843. The van der Waals surface area contributed by atoms with Crippen LogP contribution < -0.4 is 5.32 Å². The summed E-state index contributed by atoms with van der Waals surface area (Å²) in [4.78, 5) is 0. The first kappa shape index (κ1) is 15.5. The molecule has 0 amide bonds. The Balaban J connectivity index is 2.00. The topological polar surface area (TPSA) is 30.5 Å². The minimum absolute atomic E-state index is 0.0843. The van der Waals surface area contributed by atoms with Crippen LogP contribution in [0.25, 0.3) is 0 Å². The Labute approximate surface area is 118 Å². The van der Waals surface area contributed by atoms with E-state index in [4.69, 9.17) is 9.47 Å². The maximum absolute atomic E-state index is 5.56. The molecule has 0 fully saturated rings. The fourth-order valence-electron chi connectivity index (χ4n) is 1.34. The zero-order chi connectivity index (χ0) is 13.4. The molecule has 0 radical (unpaired) electrons. The summed E-state index contributed by atoms with van der Waals surface area (Å²) in [6.07, 6.45) is 0. The highest BCUT2D eigenvalue weighted by Crippen LogP contribution is 2.13. The smallest absolute Gasteiger partial charge is 0.0707 e. The summed E-state index contributed by atoms with van der Waals surface area (Å²) >= 11 is 3.41. The summed E-state index contributed by atoms with van der Waals surface area (Å²) in [5.74, 6) is 0. The second-order valence-electron chi connectivity index (χ2n) is 5.01. The number of hydrogen-bond acceptors (Lipinski definition) is 3. The van der Waals surface area contributed by atoms with Crippen molar-refractivity contribution in [3.63, 3.8) is 0 Å². The lowest BCUT2D eigenvalue weighted by Gasteiger charge is -2.19. The van der Waals surface area contributed by atoms with Crippen LogP contribution in [0.2, 0.25) is 0 Å². The Hall–Kier alpha value is -0.580. The van der Waals surface area contributed by atoms with Gasteiger partial charge < -0.3 is 14.8 Å². The third-order valence-corrected chi connectivity index (χ3v) is 2.71. The van der Waals surface area contributed by atoms with Crippen LogP contribution in [0.1, 0.15) is 20.8 Å². The molecule has 0 aliphatic heterocycles. The van der Waals surface area contributed by atoms with Crippen LogP contribution in [-0.4, -0.2) is 32.0 Å². The Kier molecular flexibility index (Phi) is 6.68. The minimum Gasteiger partial charge on any atom is -0.383 e. The molecule has 18 heavy (non-hydrogen) atoms. The van der Waals surface area contributed by atoms with Crippen LogP contribution in [0, 0.1) is 0 Å². The van der Waals surface area contributed by atoms with Crippen LogP contribution in [0.4, 0.5) is 5.69 Å². The van der Waals surface area contributed by atoms with E-state index < -0.39 is 0 Å². The summed E-state index contributed by atoms with van der Waals surface area (Å²) in [6.45, 7) is 8.90. The molecule has 4 heteroatoms. The SMILES string of the molecule is CC(C)(C)OCCOCCNc1ccc(Br)cc1. The van der Waals surface area contributed by atoms with E-state index in [1.807, 2.05) is 45.0 Å². The van der Waals surface area contributed by atoms with Crippen LogP contribution in [0.3, 0.4) is 0 Å². The standard InChI is InChI=1S/C14H22BrNO2/c1-14(2,3)18-11-10-17-9-8-16-13-6-4-12(15)5-7-13/h4-7,16H,8-11H2,1-3H3. The van der Waals surface area contributed by atoms with Crippen molar-refractivity contribution in [3.05, 3.63) is 28.7 Å². The van der Waals surface area contributed by atoms with Gasteiger partial charge in [0, 0.05) is 16.7 Å². The van der Waals surface area contributed by atoms with Gasteiger partial charge >= 0.3 is 0 Å². The third kappa shape index (κ3) is 7.69. The fourth-order valence-corrected chi connectivity index (χ4v) is 1.61. The molecule has 0 bridgehead atoms. The van der Waals surface area contributed by atoms with Gasteiger partial charge in [0.1, 0.15) is 0 Å². The number of nitrogens with one attached hydrogen (secondary N) is 1. The van der Waals surface area contributed by atoms with Crippen molar-refractivity contribution in [1.29, 1.82) is 0 Å². The molecule has 1 N–H and O–H groups in total. The summed E-state index contributed by atoms with van der Waals surface area (Å²) in [5.41, 5.74) is 1.02. The molecule has 0 heterocycles. The first-order valence-corrected chi connectivity index (χ1v) is 6.98. The first-order chi connectivity index (χ1) is 8.47. The summed E-state index contributed by atoms with van der Waals surface area (Å²) < 4.78 is 12.1. The number of rotatable bonds is 7. The van der Waals surface area contributed by atoms with Crippen LogP contribution >= 0.6 is 15.9 Å². The highest BCUT2D eigenvalue weighted by molar-refractivity contribution is 9.10. The van der Waals surface area contributed by atoms with E-state index in [1.165, 1.54) is 0 Å². The van der Waals surface area contributed by atoms with Crippen molar-refractivity contribution in [1.82, 2.24) is 0 Å². The summed E-state index contributed by atoms with van der Waals surface area (Å²) in [7, 11) is 0. The van der Waals surface area contributed by atoms with Crippen molar-refractivity contribution >= 4 is 21.6 Å². The quantitative estimate of drug-likeness (QED) is 0.778.